The molecule has 0 bridgehead atoms. The minimum atomic E-state index is -0.438. The van der Waals surface area contributed by atoms with Crippen LogP contribution < -0.4 is 5.43 Å². The SMILES string of the molecule is CC(C)CCSc1n[nH]c(N/N=C/c2ccc([N+](=O)[O-])cc2)n1. The Labute approximate surface area is 137 Å². The molecule has 0 saturated carbocycles. The van der Waals surface area contributed by atoms with Crippen LogP contribution in [0.4, 0.5) is 11.6 Å². The van der Waals surface area contributed by atoms with Gasteiger partial charge in [0.1, 0.15) is 0 Å². The monoisotopic (exact) mass is 334 g/mol. The number of H-pyrrole nitrogens is 1. The molecule has 0 unspecified atom stereocenters. The van der Waals surface area contributed by atoms with Gasteiger partial charge in [0.2, 0.25) is 11.1 Å². The highest BCUT2D eigenvalue weighted by Gasteiger charge is 2.04. The van der Waals surface area contributed by atoms with Gasteiger partial charge in [-0.2, -0.15) is 10.1 Å². The fourth-order valence-electron chi connectivity index (χ4n) is 1.60. The quantitative estimate of drug-likeness (QED) is 0.332. The van der Waals surface area contributed by atoms with Gasteiger partial charge in [0, 0.05) is 17.9 Å². The number of rotatable bonds is 8. The summed E-state index contributed by atoms with van der Waals surface area (Å²) in [6.45, 7) is 4.36. The Bertz CT molecular complexity index is 668. The summed E-state index contributed by atoms with van der Waals surface area (Å²) in [6.07, 6.45) is 2.66. The number of nitrogens with zero attached hydrogens (tertiary/aromatic N) is 4. The molecule has 2 N–H and O–H groups in total. The molecule has 9 heteroatoms. The number of hydrogen-bond donors (Lipinski definition) is 2. The Morgan fingerprint density at radius 2 is 2.17 bits per heavy atom. The van der Waals surface area contributed by atoms with Gasteiger partial charge in [-0.05, 0) is 30.0 Å². The second-order valence-electron chi connectivity index (χ2n) is 5.22. The van der Waals surface area contributed by atoms with Crippen molar-refractivity contribution in [2.45, 2.75) is 25.4 Å². The van der Waals surface area contributed by atoms with E-state index >= 15 is 0 Å². The molecule has 0 aliphatic carbocycles. The van der Waals surface area contributed by atoms with Crippen molar-refractivity contribution in [1.82, 2.24) is 15.2 Å². The topological polar surface area (TPSA) is 109 Å². The van der Waals surface area contributed by atoms with E-state index in [9.17, 15) is 10.1 Å². The lowest BCUT2D eigenvalue weighted by Gasteiger charge is -2.00. The lowest BCUT2D eigenvalue weighted by Crippen LogP contribution is -1.93. The van der Waals surface area contributed by atoms with E-state index in [1.165, 1.54) is 12.1 Å². The molecule has 0 saturated heterocycles. The van der Waals surface area contributed by atoms with E-state index < -0.39 is 4.92 Å². The molecule has 0 atom stereocenters. The van der Waals surface area contributed by atoms with E-state index in [1.807, 2.05) is 0 Å². The van der Waals surface area contributed by atoms with Gasteiger partial charge in [0.15, 0.2) is 0 Å². The number of benzene rings is 1. The second-order valence-corrected chi connectivity index (χ2v) is 6.28. The molecule has 1 aromatic carbocycles. The first-order valence-electron chi connectivity index (χ1n) is 7.13. The van der Waals surface area contributed by atoms with Gasteiger partial charge in [-0.1, -0.05) is 25.6 Å². The molecule has 0 spiro atoms. The second kappa shape index (κ2) is 8.28. The molecule has 2 rings (SSSR count). The average Bonchev–Trinajstić information content (AvgIpc) is 2.95. The molecule has 0 aliphatic heterocycles. The van der Waals surface area contributed by atoms with Crippen molar-refractivity contribution in [2.75, 3.05) is 11.2 Å². The van der Waals surface area contributed by atoms with E-state index in [1.54, 1.807) is 30.1 Å². The summed E-state index contributed by atoms with van der Waals surface area (Å²) < 4.78 is 0. The third-order valence-electron chi connectivity index (χ3n) is 2.88. The number of hydrazone groups is 1. The third kappa shape index (κ3) is 5.70. The van der Waals surface area contributed by atoms with Gasteiger partial charge in [-0.15, -0.1) is 5.10 Å². The number of thioether (sulfide) groups is 1. The number of nitro benzene ring substituents is 1. The van der Waals surface area contributed by atoms with Crippen LogP contribution in [-0.4, -0.2) is 32.1 Å². The number of aromatic amines is 1. The molecular formula is C14H18N6O2S. The maximum Gasteiger partial charge on any atom is 0.269 e. The van der Waals surface area contributed by atoms with Crippen LogP contribution in [0.25, 0.3) is 0 Å². The number of hydrogen-bond acceptors (Lipinski definition) is 7. The summed E-state index contributed by atoms with van der Waals surface area (Å²) in [5.74, 6) is 2.08. The maximum atomic E-state index is 10.6. The van der Waals surface area contributed by atoms with Crippen LogP contribution in [-0.2, 0) is 0 Å². The lowest BCUT2D eigenvalue weighted by molar-refractivity contribution is -0.384. The molecule has 0 amide bonds. The van der Waals surface area contributed by atoms with Crippen molar-refractivity contribution in [2.24, 2.45) is 11.0 Å². The summed E-state index contributed by atoms with van der Waals surface area (Å²) in [6, 6.07) is 6.10. The van der Waals surface area contributed by atoms with Crippen LogP contribution in [0.5, 0.6) is 0 Å². The highest BCUT2D eigenvalue weighted by atomic mass is 32.2. The Hall–Kier alpha value is -2.42. The van der Waals surface area contributed by atoms with Crippen LogP contribution in [0, 0.1) is 16.0 Å². The Balaban J connectivity index is 1.83. The van der Waals surface area contributed by atoms with Gasteiger partial charge in [-0.3, -0.25) is 10.1 Å². The number of nitro groups is 1. The standard InChI is InChI=1S/C14H18N6O2S/c1-10(2)7-8-23-14-16-13(18-19-14)17-15-9-11-3-5-12(6-4-11)20(21)22/h3-6,9-10H,7-8H2,1-2H3,(H2,16,17,18,19)/b15-9+. The highest BCUT2D eigenvalue weighted by molar-refractivity contribution is 7.99. The lowest BCUT2D eigenvalue weighted by atomic mass is 10.2. The molecule has 1 aromatic heterocycles. The zero-order valence-electron chi connectivity index (χ0n) is 12.9. The third-order valence-corrected chi connectivity index (χ3v) is 3.76. The van der Waals surface area contributed by atoms with Crippen molar-refractivity contribution in [1.29, 1.82) is 0 Å². The Morgan fingerprint density at radius 3 is 2.83 bits per heavy atom. The average molecular weight is 334 g/mol. The van der Waals surface area contributed by atoms with E-state index in [0.29, 0.717) is 17.0 Å². The van der Waals surface area contributed by atoms with Crippen molar-refractivity contribution in [3.05, 3.63) is 39.9 Å². The number of aromatic nitrogens is 3. The van der Waals surface area contributed by atoms with Crippen LogP contribution in [0.2, 0.25) is 0 Å². The molecular weight excluding hydrogens is 316 g/mol. The van der Waals surface area contributed by atoms with Crippen molar-refractivity contribution in [3.63, 3.8) is 0 Å². The summed E-state index contributed by atoms with van der Waals surface area (Å²) in [4.78, 5) is 14.4. The predicted molar refractivity (Wildman–Crippen MR) is 90.9 cm³/mol. The molecule has 122 valence electrons. The predicted octanol–water partition coefficient (Wildman–Crippen LogP) is 3.30. The summed E-state index contributed by atoms with van der Waals surface area (Å²) in [7, 11) is 0. The first kappa shape index (κ1) is 16.9. The first-order chi connectivity index (χ1) is 11.0. The zero-order valence-corrected chi connectivity index (χ0v) is 13.7. The molecule has 1 heterocycles. The van der Waals surface area contributed by atoms with Crippen LogP contribution >= 0.6 is 11.8 Å². The van der Waals surface area contributed by atoms with Gasteiger partial charge in [0.05, 0.1) is 11.1 Å². The molecule has 23 heavy (non-hydrogen) atoms. The molecule has 0 radical (unpaired) electrons. The smallest absolute Gasteiger partial charge is 0.258 e. The van der Waals surface area contributed by atoms with Crippen molar-refractivity contribution in [3.8, 4) is 0 Å². The van der Waals surface area contributed by atoms with Crippen molar-refractivity contribution < 1.29 is 4.92 Å². The number of nitrogens with one attached hydrogen (secondary N) is 2. The van der Waals surface area contributed by atoms with Crippen LogP contribution in [0.1, 0.15) is 25.8 Å². The van der Waals surface area contributed by atoms with Crippen LogP contribution in [0.3, 0.4) is 0 Å². The van der Waals surface area contributed by atoms with E-state index in [-0.39, 0.29) is 5.69 Å². The van der Waals surface area contributed by atoms with E-state index in [4.69, 9.17) is 0 Å². The largest absolute Gasteiger partial charge is 0.269 e. The Morgan fingerprint density at radius 1 is 1.43 bits per heavy atom. The number of anilines is 1. The Kier molecular flexibility index (Phi) is 6.10. The van der Waals surface area contributed by atoms with Gasteiger partial charge >= 0.3 is 0 Å². The van der Waals surface area contributed by atoms with Gasteiger partial charge in [-0.25, -0.2) is 10.5 Å². The maximum absolute atomic E-state index is 10.6. The van der Waals surface area contributed by atoms with Gasteiger partial charge in [0.25, 0.3) is 5.69 Å². The fourth-order valence-corrected chi connectivity index (χ4v) is 2.63. The van der Waals surface area contributed by atoms with Crippen molar-refractivity contribution >= 4 is 29.6 Å². The molecule has 0 fully saturated rings. The summed E-state index contributed by atoms with van der Waals surface area (Å²) in [5.41, 5.74) is 3.54. The van der Waals surface area contributed by atoms with Gasteiger partial charge < -0.3 is 0 Å². The first-order valence-corrected chi connectivity index (χ1v) is 8.12. The summed E-state index contributed by atoms with van der Waals surface area (Å²) >= 11 is 1.59. The summed E-state index contributed by atoms with van der Waals surface area (Å²) in [5, 5.41) is 22.1. The van der Waals surface area contributed by atoms with Crippen LogP contribution in [0.15, 0.2) is 34.5 Å². The molecule has 8 nitrogen and oxygen atoms in total. The fraction of sp³-hybridized carbons (Fsp3) is 0.357. The zero-order chi connectivity index (χ0) is 16.7. The molecule has 2 aromatic rings. The van der Waals surface area contributed by atoms with E-state index in [2.05, 4.69) is 39.6 Å². The normalized spacial score (nSPS) is 11.3. The minimum Gasteiger partial charge on any atom is -0.258 e. The molecule has 0 aliphatic rings. The number of non-ortho nitro benzene ring substituents is 1. The highest BCUT2D eigenvalue weighted by Crippen LogP contribution is 2.17. The van der Waals surface area contributed by atoms with E-state index in [0.717, 1.165) is 17.7 Å². The minimum absolute atomic E-state index is 0.0495.